The number of thiol groups is 1. The molecule has 0 radical (unpaired) electrons. The normalized spacial score (nSPS) is 23.5. The first-order valence-corrected chi connectivity index (χ1v) is 4.74. The van der Waals surface area contributed by atoms with Crippen molar-refractivity contribution in [1.29, 1.82) is 0 Å². The first kappa shape index (κ1) is 8.92. The van der Waals surface area contributed by atoms with Crippen molar-refractivity contribution in [2.24, 2.45) is 5.41 Å². The monoisotopic (exact) mass is 168 g/mol. The standard InChI is InChI=1S/C10H16S/c1-3-9(11)10(2)7-5-4-6-8-10/h5-9,11H,3-4H2,1-2H3. The molecule has 1 atom stereocenters. The van der Waals surface area contributed by atoms with Crippen molar-refractivity contribution in [3.05, 3.63) is 24.3 Å². The average molecular weight is 168 g/mol. The molecule has 0 aliphatic heterocycles. The topological polar surface area (TPSA) is 0 Å². The summed E-state index contributed by atoms with van der Waals surface area (Å²) < 4.78 is 0. The predicted octanol–water partition coefficient (Wildman–Crippen LogP) is 3.22. The molecule has 0 saturated heterocycles. The zero-order valence-electron chi connectivity index (χ0n) is 7.25. The maximum absolute atomic E-state index is 4.56. The molecular formula is C10H16S. The average Bonchev–Trinajstić information content (AvgIpc) is 2.04. The summed E-state index contributed by atoms with van der Waals surface area (Å²) >= 11 is 4.56. The summed E-state index contributed by atoms with van der Waals surface area (Å²) in [6.45, 7) is 4.42. The van der Waals surface area contributed by atoms with E-state index in [1.54, 1.807) is 0 Å². The predicted molar refractivity (Wildman–Crippen MR) is 54.1 cm³/mol. The molecule has 0 heterocycles. The van der Waals surface area contributed by atoms with Gasteiger partial charge in [-0.3, -0.25) is 0 Å². The number of allylic oxidation sites excluding steroid dienone is 4. The quantitative estimate of drug-likeness (QED) is 0.475. The summed E-state index contributed by atoms with van der Waals surface area (Å²) in [6.07, 6.45) is 11.2. The van der Waals surface area contributed by atoms with Crippen LogP contribution in [0.4, 0.5) is 0 Å². The van der Waals surface area contributed by atoms with Crippen molar-refractivity contribution >= 4 is 12.6 Å². The van der Waals surface area contributed by atoms with E-state index >= 15 is 0 Å². The van der Waals surface area contributed by atoms with Gasteiger partial charge in [-0.25, -0.2) is 0 Å². The van der Waals surface area contributed by atoms with Crippen LogP contribution in [0.25, 0.3) is 0 Å². The van der Waals surface area contributed by atoms with Crippen LogP contribution in [0.3, 0.4) is 0 Å². The summed E-state index contributed by atoms with van der Waals surface area (Å²) in [6, 6.07) is 0. The van der Waals surface area contributed by atoms with Crippen molar-refractivity contribution in [3.63, 3.8) is 0 Å². The fraction of sp³-hybridized carbons (Fsp3) is 0.600. The molecule has 1 heteroatoms. The van der Waals surface area contributed by atoms with Crippen LogP contribution in [0.15, 0.2) is 24.3 Å². The Bertz CT molecular complexity index is 167. The minimum atomic E-state index is 0.191. The lowest BCUT2D eigenvalue weighted by Gasteiger charge is -2.29. The van der Waals surface area contributed by atoms with Crippen LogP contribution in [0.1, 0.15) is 26.7 Å². The van der Waals surface area contributed by atoms with E-state index in [1.807, 2.05) is 0 Å². The summed E-state index contributed by atoms with van der Waals surface area (Å²) in [5, 5.41) is 0.454. The van der Waals surface area contributed by atoms with Crippen LogP contribution < -0.4 is 0 Å². The van der Waals surface area contributed by atoms with E-state index in [0.717, 1.165) is 12.8 Å². The SMILES string of the molecule is CCC(S)C1(C)C=CCC=C1. The minimum Gasteiger partial charge on any atom is -0.175 e. The lowest BCUT2D eigenvalue weighted by molar-refractivity contribution is 0.505. The van der Waals surface area contributed by atoms with Gasteiger partial charge >= 0.3 is 0 Å². The molecule has 0 nitrogen and oxygen atoms in total. The van der Waals surface area contributed by atoms with Gasteiger partial charge in [0.25, 0.3) is 0 Å². The van der Waals surface area contributed by atoms with Crippen LogP contribution in [-0.2, 0) is 0 Å². The Kier molecular flexibility index (Phi) is 2.83. The van der Waals surface area contributed by atoms with E-state index in [1.165, 1.54) is 0 Å². The van der Waals surface area contributed by atoms with Gasteiger partial charge in [0.15, 0.2) is 0 Å². The summed E-state index contributed by atoms with van der Waals surface area (Å²) in [5.41, 5.74) is 0.191. The summed E-state index contributed by atoms with van der Waals surface area (Å²) in [7, 11) is 0. The highest BCUT2D eigenvalue weighted by atomic mass is 32.1. The fourth-order valence-corrected chi connectivity index (χ4v) is 1.61. The zero-order chi connectivity index (χ0) is 8.32. The smallest absolute Gasteiger partial charge is 0.0149 e. The largest absolute Gasteiger partial charge is 0.175 e. The molecule has 0 N–H and O–H groups in total. The van der Waals surface area contributed by atoms with Gasteiger partial charge in [0.2, 0.25) is 0 Å². The molecule has 0 aromatic carbocycles. The number of hydrogen-bond acceptors (Lipinski definition) is 1. The van der Waals surface area contributed by atoms with Crippen molar-refractivity contribution < 1.29 is 0 Å². The summed E-state index contributed by atoms with van der Waals surface area (Å²) in [4.78, 5) is 0. The van der Waals surface area contributed by atoms with Crippen molar-refractivity contribution in [2.75, 3.05) is 0 Å². The highest BCUT2D eigenvalue weighted by molar-refractivity contribution is 7.81. The Morgan fingerprint density at radius 1 is 1.45 bits per heavy atom. The van der Waals surface area contributed by atoms with Gasteiger partial charge in [0.1, 0.15) is 0 Å². The van der Waals surface area contributed by atoms with Gasteiger partial charge in [0.05, 0.1) is 0 Å². The van der Waals surface area contributed by atoms with Gasteiger partial charge in [-0.15, -0.1) is 0 Å². The third kappa shape index (κ3) is 1.90. The van der Waals surface area contributed by atoms with Gasteiger partial charge in [0, 0.05) is 10.7 Å². The van der Waals surface area contributed by atoms with Gasteiger partial charge < -0.3 is 0 Å². The molecule has 1 aliphatic rings. The van der Waals surface area contributed by atoms with Crippen LogP contribution in [0.5, 0.6) is 0 Å². The molecule has 0 amide bonds. The Morgan fingerprint density at radius 3 is 2.45 bits per heavy atom. The van der Waals surface area contributed by atoms with Crippen LogP contribution in [0.2, 0.25) is 0 Å². The zero-order valence-corrected chi connectivity index (χ0v) is 8.14. The molecule has 0 aromatic rings. The van der Waals surface area contributed by atoms with E-state index in [4.69, 9.17) is 0 Å². The van der Waals surface area contributed by atoms with E-state index < -0.39 is 0 Å². The first-order chi connectivity index (χ1) is 5.19. The van der Waals surface area contributed by atoms with Gasteiger partial charge in [-0.1, -0.05) is 38.2 Å². The molecule has 0 saturated carbocycles. The Labute approximate surface area is 74.8 Å². The lowest BCUT2D eigenvalue weighted by atomic mass is 9.82. The molecule has 1 rings (SSSR count). The maximum atomic E-state index is 4.56. The van der Waals surface area contributed by atoms with Crippen molar-refractivity contribution in [2.45, 2.75) is 31.9 Å². The second kappa shape index (κ2) is 3.48. The fourth-order valence-electron chi connectivity index (χ4n) is 1.44. The van der Waals surface area contributed by atoms with E-state index in [0.29, 0.717) is 5.25 Å². The third-order valence-corrected chi connectivity index (χ3v) is 3.25. The molecule has 11 heavy (non-hydrogen) atoms. The lowest BCUT2D eigenvalue weighted by Crippen LogP contribution is -2.24. The number of rotatable bonds is 2. The first-order valence-electron chi connectivity index (χ1n) is 4.22. The Morgan fingerprint density at radius 2 is 2.00 bits per heavy atom. The van der Waals surface area contributed by atoms with Gasteiger partial charge in [-0.05, 0) is 12.8 Å². The van der Waals surface area contributed by atoms with Gasteiger partial charge in [-0.2, -0.15) is 12.6 Å². The minimum absolute atomic E-state index is 0.191. The highest BCUT2D eigenvalue weighted by Crippen LogP contribution is 2.33. The molecule has 1 unspecified atom stereocenters. The van der Waals surface area contributed by atoms with Crippen molar-refractivity contribution in [1.82, 2.24) is 0 Å². The molecule has 0 bridgehead atoms. The summed E-state index contributed by atoms with van der Waals surface area (Å²) in [5.74, 6) is 0. The highest BCUT2D eigenvalue weighted by Gasteiger charge is 2.25. The molecule has 62 valence electrons. The second-order valence-corrected chi connectivity index (χ2v) is 3.95. The molecule has 0 aromatic heterocycles. The van der Waals surface area contributed by atoms with Crippen LogP contribution >= 0.6 is 12.6 Å². The van der Waals surface area contributed by atoms with E-state index in [-0.39, 0.29) is 5.41 Å². The Hall–Kier alpha value is -0.170. The van der Waals surface area contributed by atoms with E-state index in [9.17, 15) is 0 Å². The van der Waals surface area contributed by atoms with Crippen LogP contribution in [-0.4, -0.2) is 5.25 Å². The van der Waals surface area contributed by atoms with Crippen molar-refractivity contribution in [3.8, 4) is 0 Å². The Balaban J connectivity index is 2.71. The molecular weight excluding hydrogens is 152 g/mol. The maximum Gasteiger partial charge on any atom is 0.0149 e. The third-order valence-electron chi connectivity index (χ3n) is 2.33. The molecule has 0 spiro atoms. The molecule has 0 fully saturated rings. The van der Waals surface area contributed by atoms with E-state index in [2.05, 4.69) is 50.8 Å². The van der Waals surface area contributed by atoms with Crippen LogP contribution in [0, 0.1) is 5.41 Å². The second-order valence-electron chi connectivity index (χ2n) is 3.33. The molecule has 1 aliphatic carbocycles. The number of hydrogen-bond donors (Lipinski definition) is 1.